The maximum absolute atomic E-state index is 9.33. The van der Waals surface area contributed by atoms with Crippen LogP contribution in [-0.4, -0.2) is 39.5 Å². The van der Waals surface area contributed by atoms with Gasteiger partial charge >= 0.3 is 0 Å². The SMILES string of the molecule is C=C(C)[O-].Cc1cnc(-c2ccc(OCC(O)CO)cc2)[nH]1. The van der Waals surface area contributed by atoms with Crippen molar-refractivity contribution in [3.8, 4) is 17.1 Å². The Bertz CT molecular complexity index is 574. The van der Waals surface area contributed by atoms with Crippen molar-refractivity contribution in [3.05, 3.63) is 48.5 Å². The molecule has 0 fully saturated rings. The number of rotatable bonds is 5. The number of H-pyrrole nitrogens is 1. The molecule has 1 unspecified atom stereocenters. The Morgan fingerprint density at radius 3 is 2.45 bits per heavy atom. The molecule has 1 aromatic heterocycles. The molecule has 2 aromatic rings. The summed E-state index contributed by atoms with van der Waals surface area (Å²) < 4.78 is 5.31. The second-order valence-electron chi connectivity index (χ2n) is 4.79. The minimum atomic E-state index is -0.850. The van der Waals surface area contributed by atoms with Crippen LogP contribution in [0.4, 0.5) is 0 Å². The summed E-state index contributed by atoms with van der Waals surface area (Å²) in [6.07, 6.45) is 0.926. The standard InChI is InChI=1S/C13H16N2O3.C3H6O/c1-9-6-14-13(15-9)10-2-4-12(5-3-10)18-8-11(17)7-16;1-3(2)4/h2-6,11,16-17H,7-8H2,1H3,(H,14,15);4H,1H2,2H3/p-1. The van der Waals surface area contributed by atoms with Gasteiger partial charge in [-0.2, -0.15) is 0 Å². The Hall–Kier alpha value is -2.31. The summed E-state index contributed by atoms with van der Waals surface area (Å²) in [5.74, 6) is 1.38. The molecule has 0 saturated carbocycles. The van der Waals surface area contributed by atoms with Crippen LogP contribution >= 0.6 is 0 Å². The van der Waals surface area contributed by atoms with Crippen LogP contribution in [0.2, 0.25) is 0 Å². The van der Waals surface area contributed by atoms with E-state index in [0.29, 0.717) is 5.75 Å². The van der Waals surface area contributed by atoms with Crippen LogP contribution in [0.3, 0.4) is 0 Å². The van der Waals surface area contributed by atoms with E-state index in [-0.39, 0.29) is 19.0 Å². The Morgan fingerprint density at radius 2 is 2.00 bits per heavy atom. The number of aryl methyl sites for hydroxylation is 1. The summed E-state index contributed by atoms with van der Waals surface area (Å²) in [5.41, 5.74) is 1.98. The zero-order chi connectivity index (χ0) is 16.5. The molecule has 6 nitrogen and oxygen atoms in total. The van der Waals surface area contributed by atoms with Gasteiger partial charge in [0.05, 0.1) is 6.61 Å². The Morgan fingerprint density at radius 1 is 1.41 bits per heavy atom. The van der Waals surface area contributed by atoms with Crippen LogP contribution < -0.4 is 9.84 Å². The normalized spacial score (nSPS) is 11.3. The van der Waals surface area contributed by atoms with Gasteiger partial charge < -0.3 is 25.0 Å². The van der Waals surface area contributed by atoms with Gasteiger partial charge in [0.2, 0.25) is 0 Å². The molecular weight excluding hydrogens is 284 g/mol. The molecular formula is C16H21N2O4-. The molecule has 0 spiro atoms. The maximum Gasteiger partial charge on any atom is 0.137 e. The number of ether oxygens (including phenoxy) is 1. The first kappa shape index (κ1) is 17.7. The van der Waals surface area contributed by atoms with Crippen molar-refractivity contribution in [2.24, 2.45) is 0 Å². The lowest BCUT2D eigenvalue weighted by Crippen LogP contribution is -2.21. The largest absolute Gasteiger partial charge is 0.876 e. The number of imidazole rings is 1. The van der Waals surface area contributed by atoms with Gasteiger partial charge in [0.1, 0.15) is 24.3 Å². The van der Waals surface area contributed by atoms with Crippen molar-refractivity contribution >= 4 is 0 Å². The molecule has 1 heterocycles. The summed E-state index contributed by atoms with van der Waals surface area (Å²) in [7, 11) is 0. The number of allylic oxidation sites excluding steroid dienone is 1. The Kier molecular flexibility index (Phi) is 7.15. The number of aromatic nitrogens is 2. The number of aromatic amines is 1. The summed E-state index contributed by atoms with van der Waals surface area (Å²) >= 11 is 0. The highest BCUT2D eigenvalue weighted by Gasteiger charge is 2.04. The van der Waals surface area contributed by atoms with Crippen molar-refractivity contribution in [1.82, 2.24) is 9.97 Å². The summed E-state index contributed by atoms with van der Waals surface area (Å²) in [5, 5.41) is 27.2. The molecule has 0 amide bonds. The van der Waals surface area contributed by atoms with Gasteiger partial charge in [-0.3, -0.25) is 0 Å². The van der Waals surface area contributed by atoms with Crippen molar-refractivity contribution in [2.45, 2.75) is 20.0 Å². The van der Waals surface area contributed by atoms with E-state index in [4.69, 9.17) is 14.9 Å². The lowest BCUT2D eigenvalue weighted by atomic mass is 10.2. The molecule has 2 rings (SSSR count). The molecule has 0 aliphatic rings. The maximum atomic E-state index is 9.33. The third kappa shape index (κ3) is 6.43. The number of aliphatic hydroxyl groups is 2. The first-order valence-corrected chi connectivity index (χ1v) is 6.78. The monoisotopic (exact) mass is 305 g/mol. The molecule has 0 aliphatic carbocycles. The summed E-state index contributed by atoms with van der Waals surface area (Å²) in [6.45, 7) is 6.14. The fourth-order valence-corrected chi connectivity index (χ4v) is 1.51. The van der Waals surface area contributed by atoms with Gasteiger partial charge in [-0.15, -0.1) is 12.3 Å². The number of hydrogen-bond donors (Lipinski definition) is 3. The van der Waals surface area contributed by atoms with Crippen LogP contribution in [-0.2, 0) is 0 Å². The van der Waals surface area contributed by atoms with E-state index in [9.17, 15) is 5.11 Å². The number of aliphatic hydroxyl groups excluding tert-OH is 2. The topological polar surface area (TPSA) is 101 Å². The molecule has 0 aliphatic heterocycles. The highest BCUT2D eigenvalue weighted by atomic mass is 16.5. The lowest BCUT2D eigenvalue weighted by molar-refractivity contribution is -0.300. The second-order valence-corrected chi connectivity index (χ2v) is 4.79. The van der Waals surface area contributed by atoms with Gasteiger partial charge in [-0.1, -0.05) is 6.92 Å². The van der Waals surface area contributed by atoms with Gasteiger partial charge in [0.15, 0.2) is 0 Å². The molecule has 0 saturated heterocycles. The third-order valence-electron chi connectivity index (χ3n) is 2.48. The average Bonchev–Trinajstić information content (AvgIpc) is 2.91. The second kappa shape index (κ2) is 8.86. The van der Waals surface area contributed by atoms with Crippen molar-refractivity contribution in [2.75, 3.05) is 13.2 Å². The molecule has 3 N–H and O–H groups in total. The minimum Gasteiger partial charge on any atom is -0.876 e. The first-order chi connectivity index (χ1) is 10.4. The fourth-order valence-electron chi connectivity index (χ4n) is 1.51. The van der Waals surface area contributed by atoms with E-state index in [2.05, 4.69) is 16.5 Å². The number of hydrogen-bond acceptors (Lipinski definition) is 5. The van der Waals surface area contributed by atoms with Crippen LogP contribution in [0.15, 0.2) is 42.8 Å². The summed E-state index contributed by atoms with van der Waals surface area (Å²) in [6, 6.07) is 7.38. The predicted molar refractivity (Wildman–Crippen MR) is 82.2 cm³/mol. The van der Waals surface area contributed by atoms with E-state index in [1.165, 1.54) is 6.92 Å². The molecule has 120 valence electrons. The number of nitrogens with one attached hydrogen (secondary N) is 1. The molecule has 1 aromatic carbocycles. The van der Waals surface area contributed by atoms with Crippen molar-refractivity contribution in [3.63, 3.8) is 0 Å². The van der Waals surface area contributed by atoms with Gasteiger partial charge in [-0.25, -0.2) is 4.98 Å². The third-order valence-corrected chi connectivity index (χ3v) is 2.48. The Labute approximate surface area is 129 Å². The molecule has 22 heavy (non-hydrogen) atoms. The van der Waals surface area contributed by atoms with Crippen molar-refractivity contribution < 1.29 is 20.1 Å². The number of nitrogens with zero attached hydrogens (tertiary/aromatic N) is 1. The van der Waals surface area contributed by atoms with Crippen LogP contribution in [0.5, 0.6) is 5.75 Å². The van der Waals surface area contributed by atoms with Crippen LogP contribution in [0, 0.1) is 6.92 Å². The van der Waals surface area contributed by atoms with Gasteiger partial charge in [-0.05, 0) is 31.2 Å². The van der Waals surface area contributed by atoms with E-state index >= 15 is 0 Å². The van der Waals surface area contributed by atoms with E-state index < -0.39 is 6.10 Å². The lowest BCUT2D eigenvalue weighted by Gasteiger charge is -2.09. The van der Waals surface area contributed by atoms with E-state index in [1.807, 2.05) is 19.1 Å². The minimum absolute atomic E-state index is 0.0791. The van der Waals surface area contributed by atoms with Crippen LogP contribution in [0.1, 0.15) is 12.6 Å². The molecule has 0 bridgehead atoms. The zero-order valence-corrected chi connectivity index (χ0v) is 12.7. The quantitative estimate of drug-likeness (QED) is 0.715. The predicted octanol–water partition coefficient (Wildman–Crippen LogP) is 0.997. The Balaban J connectivity index is 0.000000541. The van der Waals surface area contributed by atoms with Gasteiger partial charge in [0.25, 0.3) is 0 Å². The molecule has 0 radical (unpaired) electrons. The smallest absolute Gasteiger partial charge is 0.137 e. The summed E-state index contributed by atoms with van der Waals surface area (Å²) in [4.78, 5) is 7.38. The first-order valence-electron chi connectivity index (χ1n) is 6.78. The number of benzene rings is 1. The zero-order valence-electron chi connectivity index (χ0n) is 12.7. The highest BCUT2D eigenvalue weighted by molar-refractivity contribution is 5.56. The van der Waals surface area contributed by atoms with Gasteiger partial charge in [0, 0.05) is 17.5 Å². The molecule has 1 atom stereocenters. The van der Waals surface area contributed by atoms with E-state index in [1.54, 1.807) is 18.3 Å². The fraction of sp³-hybridized carbons (Fsp3) is 0.312. The highest BCUT2D eigenvalue weighted by Crippen LogP contribution is 2.19. The van der Waals surface area contributed by atoms with Crippen LogP contribution in [0.25, 0.3) is 11.4 Å². The van der Waals surface area contributed by atoms with Crippen molar-refractivity contribution in [1.29, 1.82) is 0 Å². The average molecular weight is 305 g/mol. The molecule has 6 heteroatoms. The van der Waals surface area contributed by atoms with E-state index in [0.717, 1.165) is 17.1 Å².